The lowest BCUT2D eigenvalue weighted by atomic mass is 9.74. The van der Waals surface area contributed by atoms with Crippen LogP contribution in [-0.2, 0) is 5.41 Å². The first-order valence-electron chi connectivity index (χ1n) is 14.0. The van der Waals surface area contributed by atoms with Gasteiger partial charge in [-0.2, -0.15) is 0 Å². The molecule has 3 N–H and O–H groups in total. The number of hydrogen-bond acceptors (Lipinski definition) is 4. The molecule has 198 valence electrons. The smallest absolute Gasteiger partial charge is 0.321 e. The maximum Gasteiger partial charge on any atom is 0.321 e. The Morgan fingerprint density at radius 2 is 1.58 bits per heavy atom. The second-order valence-electron chi connectivity index (χ2n) is 9.67. The Morgan fingerprint density at radius 3 is 2.25 bits per heavy atom. The van der Waals surface area contributed by atoms with Crippen LogP contribution in [0.2, 0.25) is 0 Å². The number of amides is 2. The fourth-order valence-corrected chi connectivity index (χ4v) is 5.69. The normalized spacial score (nSPS) is 19.6. The summed E-state index contributed by atoms with van der Waals surface area (Å²) in [5.41, 5.74) is 3.85. The molecule has 0 radical (unpaired) electrons. The van der Waals surface area contributed by atoms with Gasteiger partial charge in [-0.1, -0.05) is 64.1 Å². The number of carbonyl (C=O) groups is 1. The number of hydrogen-bond donors (Lipinski definition) is 3. The molecule has 0 aromatic heterocycles. The van der Waals surface area contributed by atoms with Crippen molar-refractivity contribution in [2.45, 2.75) is 64.9 Å². The number of aliphatic hydroxyl groups excluding tert-OH is 1. The maximum absolute atomic E-state index is 12.5. The molecule has 0 aliphatic carbocycles. The monoisotopic (exact) mass is 494 g/mol. The van der Waals surface area contributed by atoms with E-state index in [2.05, 4.69) is 39.8 Å². The highest BCUT2D eigenvalue weighted by Gasteiger charge is 2.41. The van der Waals surface area contributed by atoms with Gasteiger partial charge < -0.3 is 25.5 Å². The lowest BCUT2D eigenvalue weighted by molar-refractivity contribution is 0.0266. The van der Waals surface area contributed by atoms with E-state index in [1.807, 2.05) is 62.9 Å². The van der Waals surface area contributed by atoms with Crippen LogP contribution < -0.4 is 10.6 Å². The standard InChI is InChI=1S/C26H34N4O2.2C2H6/c31-24(20-10-14-30(15-11-20)25(32)28-21-6-2-1-3-7-21)18-29-16-12-26(13-17-29)19-27-23-9-5-4-8-22(23)26;2*1-2/h1-9,20,24,27,31H,10-19H2,(H,28,32);2*1-2H3. The molecule has 3 heterocycles. The molecule has 0 bridgehead atoms. The molecule has 1 unspecified atom stereocenters. The van der Waals surface area contributed by atoms with Crippen LogP contribution >= 0.6 is 0 Å². The number of nitrogens with one attached hydrogen (secondary N) is 2. The third kappa shape index (κ3) is 6.60. The molecule has 2 aromatic rings. The fraction of sp³-hybridized carbons (Fsp3) is 0.567. The summed E-state index contributed by atoms with van der Waals surface area (Å²) in [5.74, 6) is 0.264. The number of aliphatic hydroxyl groups is 1. The van der Waals surface area contributed by atoms with Crippen LogP contribution in [0.3, 0.4) is 0 Å². The first-order valence-corrected chi connectivity index (χ1v) is 14.0. The lowest BCUT2D eigenvalue weighted by Crippen LogP contribution is -2.49. The van der Waals surface area contributed by atoms with Crippen LogP contribution in [-0.4, -0.2) is 66.3 Å². The number of benzene rings is 2. The van der Waals surface area contributed by atoms with Crippen molar-refractivity contribution in [3.05, 3.63) is 60.2 Å². The molecule has 6 heteroatoms. The fourth-order valence-electron chi connectivity index (χ4n) is 5.69. The van der Waals surface area contributed by atoms with Gasteiger partial charge >= 0.3 is 6.03 Å². The molecule has 2 saturated heterocycles. The summed E-state index contributed by atoms with van der Waals surface area (Å²) >= 11 is 0. The zero-order valence-corrected chi connectivity index (χ0v) is 22.7. The second kappa shape index (κ2) is 13.7. The number of para-hydroxylation sites is 2. The van der Waals surface area contributed by atoms with Gasteiger partial charge in [0.1, 0.15) is 0 Å². The largest absolute Gasteiger partial charge is 0.392 e. The van der Waals surface area contributed by atoms with Gasteiger partial charge in [0, 0.05) is 43.0 Å². The maximum atomic E-state index is 12.5. The summed E-state index contributed by atoms with van der Waals surface area (Å²) in [7, 11) is 0. The number of piperidine rings is 2. The van der Waals surface area contributed by atoms with Gasteiger partial charge in [-0.15, -0.1) is 0 Å². The van der Waals surface area contributed by atoms with Gasteiger partial charge in [-0.05, 0) is 68.5 Å². The van der Waals surface area contributed by atoms with Gasteiger partial charge in [0.05, 0.1) is 6.10 Å². The minimum atomic E-state index is -0.322. The van der Waals surface area contributed by atoms with Crippen molar-refractivity contribution in [2.24, 2.45) is 5.92 Å². The van der Waals surface area contributed by atoms with Gasteiger partial charge in [0.2, 0.25) is 0 Å². The first-order chi connectivity index (χ1) is 17.6. The molecule has 3 aliphatic heterocycles. The van der Waals surface area contributed by atoms with Gasteiger partial charge in [-0.3, -0.25) is 0 Å². The van der Waals surface area contributed by atoms with Gasteiger partial charge in [0.15, 0.2) is 0 Å². The summed E-state index contributed by atoms with van der Waals surface area (Å²) in [6, 6.07) is 18.3. The number of urea groups is 1. The molecule has 3 aliphatic rings. The first kappa shape index (κ1) is 28.0. The Kier molecular flexibility index (Phi) is 10.6. The zero-order chi connectivity index (χ0) is 26.0. The zero-order valence-electron chi connectivity index (χ0n) is 22.7. The Morgan fingerprint density at radius 1 is 0.972 bits per heavy atom. The molecule has 6 nitrogen and oxygen atoms in total. The number of fused-ring (bicyclic) bond motifs is 2. The highest BCUT2D eigenvalue weighted by molar-refractivity contribution is 5.89. The molecule has 1 atom stereocenters. The van der Waals surface area contributed by atoms with Crippen molar-refractivity contribution in [1.82, 2.24) is 9.80 Å². The Labute approximate surface area is 218 Å². The van der Waals surface area contributed by atoms with Crippen molar-refractivity contribution >= 4 is 17.4 Å². The predicted molar refractivity (Wildman–Crippen MR) is 151 cm³/mol. The Hall–Kier alpha value is -2.57. The highest BCUT2D eigenvalue weighted by atomic mass is 16.3. The average Bonchev–Trinajstić information content (AvgIpc) is 3.31. The quantitative estimate of drug-likeness (QED) is 0.502. The van der Waals surface area contributed by atoms with E-state index in [1.165, 1.54) is 11.3 Å². The summed E-state index contributed by atoms with van der Waals surface area (Å²) in [5, 5.41) is 17.5. The van der Waals surface area contributed by atoms with Crippen LogP contribution in [0.1, 0.15) is 58.9 Å². The molecule has 0 saturated carbocycles. The number of likely N-dealkylation sites (tertiary alicyclic amines) is 2. The van der Waals surface area contributed by atoms with Crippen molar-refractivity contribution in [1.29, 1.82) is 0 Å². The molecular weight excluding hydrogens is 448 g/mol. The highest BCUT2D eigenvalue weighted by Crippen LogP contribution is 2.43. The van der Waals surface area contributed by atoms with Crippen molar-refractivity contribution < 1.29 is 9.90 Å². The van der Waals surface area contributed by atoms with Gasteiger partial charge in [-0.25, -0.2) is 4.79 Å². The Bertz CT molecular complexity index is 920. The van der Waals surface area contributed by atoms with E-state index < -0.39 is 0 Å². The average molecular weight is 495 g/mol. The van der Waals surface area contributed by atoms with Crippen molar-refractivity contribution in [3.8, 4) is 0 Å². The number of carbonyl (C=O) groups excluding carboxylic acids is 1. The van der Waals surface area contributed by atoms with Crippen molar-refractivity contribution in [3.63, 3.8) is 0 Å². The van der Waals surface area contributed by atoms with E-state index in [1.54, 1.807) is 0 Å². The van der Waals surface area contributed by atoms with E-state index in [0.717, 1.165) is 57.5 Å². The van der Waals surface area contributed by atoms with Crippen molar-refractivity contribution in [2.75, 3.05) is 49.9 Å². The third-order valence-corrected chi connectivity index (χ3v) is 7.77. The van der Waals surface area contributed by atoms with E-state index in [-0.39, 0.29) is 23.5 Å². The Balaban J connectivity index is 0.000000861. The van der Waals surface area contributed by atoms with E-state index >= 15 is 0 Å². The lowest BCUT2D eigenvalue weighted by Gasteiger charge is -2.41. The van der Waals surface area contributed by atoms with E-state index in [0.29, 0.717) is 13.1 Å². The number of anilines is 2. The minimum Gasteiger partial charge on any atom is -0.392 e. The third-order valence-electron chi connectivity index (χ3n) is 7.77. The van der Waals surface area contributed by atoms with Crippen LogP contribution in [0.4, 0.5) is 16.2 Å². The molecular formula is C30H46N4O2. The van der Waals surface area contributed by atoms with Crippen LogP contribution in [0.25, 0.3) is 0 Å². The molecule has 5 rings (SSSR count). The number of rotatable bonds is 4. The topological polar surface area (TPSA) is 67.8 Å². The van der Waals surface area contributed by atoms with E-state index in [9.17, 15) is 9.90 Å². The number of β-amino-alcohol motifs (C(OH)–C–C–N with tert-alkyl or cyclic N) is 1. The summed E-state index contributed by atoms with van der Waals surface area (Å²) in [4.78, 5) is 16.8. The van der Waals surface area contributed by atoms with Gasteiger partial charge in [0.25, 0.3) is 0 Å². The molecule has 36 heavy (non-hydrogen) atoms. The minimum absolute atomic E-state index is 0.0454. The molecule has 2 amide bonds. The molecule has 1 spiro atoms. The molecule has 2 fully saturated rings. The van der Waals surface area contributed by atoms with Crippen LogP contribution in [0.5, 0.6) is 0 Å². The van der Waals surface area contributed by atoms with Crippen LogP contribution in [0.15, 0.2) is 54.6 Å². The SMILES string of the molecule is CC.CC.O=C(Nc1ccccc1)N1CCC(C(O)CN2CCC3(CC2)CNc2ccccc23)CC1. The summed E-state index contributed by atoms with van der Waals surface area (Å²) in [6.07, 6.45) is 3.68. The number of nitrogens with zero attached hydrogens (tertiary/aromatic N) is 2. The summed E-state index contributed by atoms with van der Waals surface area (Å²) in [6.45, 7) is 13.2. The predicted octanol–water partition coefficient (Wildman–Crippen LogP) is 5.80. The van der Waals surface area contributed by atoms with E-state index in [4.69, 9.17) is 0 Å². The van der Waals surface area contributed by atoms with Crippen LogP contribution in [0, 0.1) is 5.92 Å². The second-order valence-corrected chi connectivity index (χ2v) is 9.67. The summed E-state index contributed by atoms with van der Waals surface area (Å²) < 4.78 is 0. The molecule has 2 aromatic carbocycles.